The van der Waals surface area contributed by atoms with E-state index in [1.165, 1.54) is 0 Å². The number of nitrogens with one attached hydrogen (secondary N) is 1. The summed E-state index contributed by atoms with van der Waals surface area (Å²) < 4.78 is 5.59. The Balaban J connectivity index is 1.83. The molecule has 0 aromatic rings. The molecule has 0 aromatic heterocycles. The lowest BCUT2D eigenvalue weighted by Gasteiger charge is -2.35. The molecule has 2 N–H and O–H groups in total. The zero-order valence-corrected chi connectivity index (χ0v) is 11.5. The highest BCUT2D eigenvalue weighted by Crippen LogP contribution is 2.26. The molecule has 2 aliphatic rings. The molecule has 6 nitrogen and oxygen atoms in total. The number of nitrogens with zero attached hydrogens (tertiary/aromatic N) is 1. The first-order valence-corrected chi connectivity index (χ1v) is 6.89. The van der Waals surface area contributed by atoms with Crippen LogP contribution in [0.4, 0.5) is 4.79 Å². The predicted octanol–water partition coefficient (Wildman–Crippen LogP) is 1.06. The van der Waals surface area contributed by atoms with Crippen LogP contribution in [0.2, 0.25) is 0 Å². The molecule has 19 heavy (non-hydrogen) atoms. The van der Waals surface area contributed by atoms with Crippen LogP contribution in [0, 0.1) is 5.92 Å². The van der Waals surface area contributed by atoms with Crippen molar-refractivity contribution in [3.63, 3.8) is 0 Å². The highest BCUT2D eigenvalue weighted by Gasteiger charge is 2.32. The Hall–Kier alpha value is -1.30. The van der Waals surface area contributed by atoms with E-state index in [4.69, 9.17) is 9.84 Å². The zero-order valence-electron chi connectivity index (χ0n) is 11.5. The number of carbonyl (C=O) groups is 2. The summed E-state index contributed by atoms with van der Waals surface area (Å²) in [5, 5.41) is 11.9. The average molecular weight is 270 g/mol. The van der Waals surface area contributed by atoms with Crippen LogP contribution in [-0.2, 0) is 9.53 Å². The van der Waals surface area contributed by atoms with E-state index in [9.17, 15) is 9.59 Å². The molecule has 4 unspecified atom stereocenters. The number of morpholine rings is 1. The van der Waals surface area contributed by atoms with E-state index in [-0.39, 0.29) is 30.2 Å². The summed E-state index contributed by atoms with van der Waals surface area (Å²) in [7, 11) is 0. The first kappa shape index (κ1) is 14.1. The second kappa shape index (κ2) is 5.77. The molecule has 6 heteroatoms. The molecule has 0 bridgehead atoms. The van der Waals surface area contributed by atoms with Crippen LogP contribution >= 0.6 is 0 Å². The van der Waals surface area contributed by atoms with E-state index in [0.717, 1.165) is 6.42 Å². The highest BCUT2D eigenvalue weighted by molar-refractivity contribution is 5.75. The molecule has 1 saturated heterocycles. The Morgan fingerprint density at radius 2 is 1.84 bits per heavy atom. The lowest BCUT2D eigenvalue weighted by atomic mass is 10.1. The van der Waals surface area contributed by atoms with E-state index in [0.29, 0.717) is 25.9 Å². The van der Waals surface area contributed by atoms with Gasteiger partial charge in [0, 0.05) is 19.1 Å². The maximum absolute atomic E-state index is 12.1. The van der Waals surface area contributed by atoms with Crippen molar-refractivity contribution in [1.82, 2.24) is 10.2 Å². The van der Waals surface area contributed by atoms with Crippen molar-refractivity contribution in [2.75, 3.05) is 13.1 Å². The van der Waals surface area contributed by atoms with Gasteiger partial charge in [-0.25, -0.2) is 4.79 Å². The molecule has 108 valence electrons. The number of aliphatic carboxylic acids is 1. The minimum atomic E-state index is -0.759. The number of carboxylic acid groups (broad SMARTS) is 1. The molecular formula is C13H22N2O4. The van der Waals surface area contributed by atoms with Gasteiger partial charge in [0.2, 0.25) is 0 Å². The lowest BCUT2D eigenvalue weighted by molar-refractivity contribution is -0.141. The minimum absolute atomic E-state index is 0.0120. The highest BCUT2D eigenvalue weighted by atomic mass is 16.5. The molecule has 2 fully saturated rings. The summed E-state index contributed by atoms with van der Waals surface area (Å²) in [6, 6.07) is -0.111. The average Bonchev–Trinajstić information content (AvgIpc) is 2.76. The maximum atomic E-state index is 12.1. The second-order valence-electron chi connectivity index (χ2n) is 5.66. The smallest absolute Gasteiger partial charge is 0.317 e. The van der Waals surface area contributed by atoms with E-state index < -0.39 is 5.97 Å². The number of ether oxygens (including phenoxy) is 1. The SMILES string of the molecule is CC1CN(C(=O)NC2CCC(C(=O)O)C2)CC(C)O1. The molecule has 1 saturated carbocycles. The Morgan fingerprint density at radius 1 is 1.21 bits per heavy atom. The van der Waals surface area contributed by atoms with Crippen molar-refractivity contribution in [2.45, 2.75) is 51.4 Å². The minimum Gasteiger partial charge on any atom is -0.481 e. The molecule has 1 aliphatic carbocycles. The number of urea groups is 1. The third kappa shape index (κ3) is 3.59. The van der Waals surface area contributed by atoms with Gasteiger partial charge in [-0.1, -0.05) is 0 Å². The van der Waals surface area contributed by atoms with Crippen LogP contribution in [-0.4, -0.2) is 53.3 Å². The summed E-state index contributed by atoms with van der Waals surface area (Å²) in [6.07, 6.45) is 2.03. The maximum Gasteiger partial charge on any atom is 0.317 e. The van der Waals surface area contributed by atoms with Gasteiger partial charge in [-0.2, -0.15) is 0 Å². The van der Waals surface area contributed by atoms with Gasteiger partial charge in [-0.15, -0.1) is 0 Å². The molecule has 4 atom stereocenters. The van der Waals surface area contributed by atoms with Crippen LogP contribution in [0.3, 0.4) is 0 Å². The van der Waals surface area contributed by atoms with Crippen molar-refractivity contribution in [3.05, 3.63) is 0 Å². The standard InChI is InChI=1S/C13H22N2O4/c1-8-6-15(7-9(2)19-8)13(18)14-11-4-3-10(5-11)12(16)17/h8-11H,3-7H2,1-2H3,(H,14,18)(H,16,17). The number of rotatable bonds is 2. The number of hydrogen-bond donors (Lipinski definition) is 2. The summed E-state index contributed by atoms with van der Waals surface area (Å²) in [6.45, 7) is 5.08. The topological polar surface area (TPSA) is 78.9 Å². The summed E-state index contributed by atoms with van der Waals surface area (Å²) in [5.74, 6) is -1.07. The first-order valence-electron chi connectivity index (χ1n) is 6.89. The third-order valence-electron chi connectivity index (χ3n) is 3.82. The van der Waals surface area contributed by atoms with Gasteiger partial charge in [0.25, 0.3) is 0 Å². The molecule has 1 heterocycles. The quantitative estimate of drug-likeness (QED) is 0.786. The van der Waals surface area contributed by atoms with Crippen molar-refractivity contribution >= 4 is 12.0 Å². The summed E-state index contributed by atoms with van der Waals surface area (Å²) in [5.41, 5.74) is 0. The lowest BCUT2D eigenvalue weighted by Crippen LogP contribution is -2.53. The van der Waals surface area contributed by atoms with Crippen LogP contribution in [0.5, 0.6) is 0 Å². The van der Waals surface area contributed by atoms with Crippen LogP contribution < -0.4 is 5.32 Å². The monoisotopic (exact) mass is 270 g/mol. The van der Waals surface area contributed by atoms with E-state index in [1.54, 1.807) is 4.90 Å². The van der Waals surface area contributed by atoms with Crippen LogP contribution in [0.1, 0.15) is 33.1 Å². The summed E-state index contributed by atoms with van der Waals surface area (Å²) >= 11 is 0. The number of amides is 2. The molecule has 1 aliphatic heterocycles. The van der Waals surface area contributed by atoms with Gasteiger partial charge in [0.1, 0.15) is 0 Å². The Labute approximate surface area is 113 Å². The Kier molecular flexibility index (Phi) is 4.29. The number of hydrogen-bond acceptors (Lipinski definition) is 3. The van der Waals surface area contributed by atoms with Gasteiger partial charge in [0.15, 0.2) is 0 Å². The fourth-order valence-corrected chi connectivity index (χ4v) is 2.95. The fourth-order valence-electron chi connectivity index (χ4n) is 2.95. The van der Waals surface area contributed by atoms with Crippen molar-refractivity contribution < 1.29 is 19.4 Å². The van der Waals surface area contributed by atoms with Gasteiger partial charge in [-0.05, 0) is 33.1 Å². The molecule has 2 rings (SSSR count). The molecule has 2 amide bonds. The second-order valence-corrected chi connectivity index (χ2v) is 5.66. The van der Waals surface area contributed by atoms with Crippen molar-refractivity contribution in [2.24, 2.45) is 5.92 Å². The van der Waals surface area contributed by atoms with Gasteiger partial charge in [0.05, 0.1) is 18.1 Å². The van der Waals surface area contributed by atoms with E-state index in [2.05, 4.69) is 5.32 Å². The first-order chi connectivity index (χ1) is 8.95. The largest absolute Gasteiger partial charge is 0.481 e. The van der Waals surface area contributed by atoms with Gasteiger partial charge in [-0.3, -0.25) is 4.79 Å². The van der Waals surface area contributed by atoms with Gasteiger partial charge >= 0.3 is 12.0 Å². The normalized spacial score (nSPS) is 35.2. The van der Waals surface area contributed by atoms with Crippen LogP contribution in [0.15, 0.2) is 0 Å². The Morgan fingerprint density at radius 3 is 2.37 bits per heavy atom. The number of carboxylic acids is 1. The molecule has 0 spiro atoms. The third-order valence-corrected chi connectivity index (χ3v) is 3.82. The van der Waals surface area contributed by atoms with Gasteiger partial charge < -0.3 is 20.1 Å². The van der Waals surface area contributed by atoms with Crippen LogP contribution in [0.25, 0.3) is 0 Å². The molecular weight excluding hydrogens is 248 g/mol. The predicted molar refractivity (Wildman–Crippen MR) is 68.9 cm³/mol. The van der Waals surface area contributed by atoms with Crippen molar-refractivity contribution in [1.29, 1.82) is 0 Å². The Bertz CT molecular complexity index is 351. The molecule has 0 aromatic carbocycles. The molecule has 0 radical (unpaired) electrons. The van der Waals surface area contributed by atoms with E-state index in [1.807, 2.05) is 13.8 Å². The number of carbonyl (C=O) groups excluding carboxylic acids is 1. The summed E-state index contributed by atoms with van der Waals surface area (Å²) in [4.78, 5) is 24.8. The van der Waals surface area contributed by atoms with E-state index >= 15 is 0 Å². The zero-order chi connectivity index (χ0) is 14.0. The fraction of sp³-hybridized carbons (Fsp3) is 0.846. The van der Waals surface area contributed by atoms with Crippen molar-refractivity contribution in [3.8, 4) is 0 Å².